The van der Waals surface area contributed by atoms with E-state index in [-0.39, 0.29) is 19.1 Å². The summed E-state index contributed by atoms with van der Waals surface area (Å²) in [5, 5.41) is 11.1. The Morgan fingerprint density at radius 1 is 0.951 bits per heavy atom. The number of aliphatic hydroxyl groups is 1. The van der Waals surface area contributed by atoms with Gasteiger partial charge in [0.2, 0.25) is 5.91 Å². The second kappa shape index (κ2) is 12.4. The number of rotatable bonds is 8. The smallest absolute Gasteiger partial charge is 0.267 e. The number of halogens is 3. The molecule has 0 radical (unpaired) electrons. The van der Waals surface area contributed by atoms with E-state index in [0.717, 1.165) is 16.0 Å². The van der Waals surface area contributed by atoms with Crippen LogP contribution in [0.15, 0.2) is 72.8 Å². The number of benzene rings is 3. The third kappa shape index (κ3) is 5.83. The summed E-state index contributed by atoms with van der Waals surface area (Å²) >= 11 is 20.3. The molecule has 1 saturated heterocycles. The minimum atomic E-state index is -0.847. The van der Waals surface area contributed by atoms with Crippen LogP contribution in [0, 0.1) is 0 Å². The predicted molar refractivity (Wildman–Crippen MR) is 165 cm³/mol. The van der Waals surface area contributed by atoms with Crippen LogP contribution in [0.2, 0.25) is 15.1 Å². The Labute approximate surface area is 257 Å². The van der Waals surface area contributed by atoms with Crippen LogP contribution in [-0.4, -0.2) is 48.1 Å². The van der Waals surface area contributed by atoms with Crippen LogP contribution in [0.1, 0.15) is 28.1 Å². The van der Waals surface area contributed by atoms with E-state index in [1.54, 1.807) is 29.2 Å². The van der Waals surface area contributed by atoms with Crippen molar-refractivity contribution < 1.29 is 19.4 Å². The largest absolute Gasteiger partial charge is 0.489 e. The summed E-state index contributed by atoms with van der Waals surface area (Å²) in [7, 11) is 0. The van der Waals surface area contributed by atoms with Gasteiger partial charge in [-0.25, -0.2) is 0 Å². The number of piperidine rings is 1. The van der Waals surface area contributed by atoms with Crippen molar-refractivity contribution in [2.45, 2.75) is 18.3 Å². The van der Waals surface area contributed by atoms with Crippen molar-refractivity contribution in [2.75, 3.05) is 26.3 Å². The summed E-state index contributed by atoms with van der Waals surface area (Å²) in [5.74, 6) is -0.281. The molecule has 0 aliphatic carbocycles. The van der Waals surface area contributed by atoms with Gasteiger partial charge in [-0.15, -0.1) is 11.3 Å². The normalized spacial score (nSPS) is 14.6. The lowest BCUT2D eigenvalue weighted by molar-refractivity contribution is -0.125. The summed E-state index contributed by atoms with van der Waals surface area (Å²) in [4.78, 5) is 29.6. The molecule has 212 valence electrons. The van der Waals surface area contributed by atoms with Crippen molar-refractivity contribution in [3.05, 3.63) is 98.3 Å². The molecule has 41 heavy (non-hydrogen) atoms. The third-order valence-corrected chi connectivity index (χ3v) is 9.40. The molecule has 0 saturated carbocycles. The summed E-state index contributed by atoms with van der Waals surface area (Å²) in [5.41, 5.74) is 8.05. The second-order valence-electron chi connectivity index (χ2n) is 9.77. The maximum absolute atomic E-state index is 14.1. The van der Waals surface area contributed by atoms with Crippen LogP contribution in [0.3, 0.4) is 0 Å². The maximum atomic E-state index is 14.1. The quantitative estimate of drug-likeness (QED) is 0.218. The van der Waals surface area contributed by atoms with Gasteiger partial charge in [-0.3, -0.25) is 9.59 Å². The molecule has 6 nitrogen and oxygen atoms in total. The van der Waals surface area contributed by atoms with E-state index in [9.17, 15) is 14.7 Å². The molecule has 10 heteroatoms. The molecule has 1 aromatic heterocycles. The van der Waals surface area contributed by atoms with Crippen molar-refractivity contribution in [1.82, 2.24) is 4.90 Å². The number of primary amides is 1. The number of amides is 2. The first-order valence-corrected chi connectivity index (χ1v) is 15.0. The molecule has 1 aliphatic rings. The summed E-state index contributed by atoms with van der Waals surface area (Å²) in [6.45, 7) is 0.426. The van der Waals surface area contributed by atoms with Gasteiger partial charge in [0, 0.05) is 39.1 Å². The number of carbonyl (C=O) groups is 2. The minimum Gasteiger partial charge on any atom is -0.489 e. The number of likely N-dealkylation sites (tertiary alicyclic amines) is 1. The number of hydrogen-bond donors (Lipinski definition) is 2. The van der Waals surface area contributed by atoms with Crippen LogP contribution in [0.4, 0.5) is 0 Å². The molecule has 0 unspecified atom stereocenters. The Balaban J connectivity index is 1.58. The van der Waals surface area contributed by atoms with Gasteiger partial charge in [0.1, 0.15) is 11.5 Å². The molecule has 1 fully saturated rings. The van der Waals surface area contributed by atoms with Crippen LogP contribution in [0.25, 0.3) is 21.6 Å². The fourth-order valence-electron chi connectivity index (χ4n) is 5.25. The van der Waals surface area contributed by atoms with Crippen molar-refractivity contribution >= 4 is 58.0 Å². The second-order valence-corrected chi connectivity index (χ2v) is 12.1. The Bertz CT molecular complexity index is 1570. The monoisotopic (exact) mass is 628 g/mol. The van der Waals surface area contributed by atoms with Gasteiger partial charge in [0.15, 0.2) is 5.75 Å². The Kier molecular flexibility index (Phi) is 8.92. The van der Waals surface area contributed by atoms with Gasteiger partial charge in [-0.2, -0.15) is 0 Å². The zero-order chi connectivity index (χ0) is 29.1. The lowest BCUT2D eigenvalue weighted by Crippen LogP contribution is -2.51. The zero-order valence-corrected chi connectivity index (χ0v) is 25.0. The zero-order valence-electron chi connectivity index (χ0n) is 21.9. The Hall–Kier alpha value is -3.07. The fourth-order valence-corrected chi connectivity index (χ4v) is 7.21. The molecule has 1 aliphatic heterocycles. The lowest BCUT2D eigenvalue weighted by atomic mass is 9.72. The molecule has 3 N–H and O–H groups in total. The minimum absolute atomic E-state index is 0.00974. The van der Waals surface area contributed by atoms with Gasteiger partial charge in [-0.05, 0) is 48.2 Å². The highest BCUT2D eigenvalue weighted by atomic mass is 35.5. The van der Waals surface area contributed by atoms with E-state index in [4.69, 9.17) is 45.3 Å². The highest BCUT2D eigenvalue weighted by Gasteiger charge is 2.43. The number of hydrogen-bond acceptors (Lipinski definition) is 5. The Morgan fingerprint density at radius 3 is 2.22 bits per heavy atom. The number of aliphatic hydroxyl groups excluding tert-OH is 1. The van der Waals surface area contributed by atoms with Gasteiger partial charge in [0.25, 0.3) is 5.91 Å². The summed E-state index contributed by atoms with van der Waals surface area (Å²) in [6, 6.07) is 21.9. The first-order chi connectivity index (χ1) is 19.7. The molecule has 0 bridgehead atoms. The van der Waals surface area contributed by atoms with Crippen LogP contribution in [0.5, 0.6) is 5.75 Å². The van der Waals surface area contributed by atoms with Gasteiger partial charge < -0.3 is 20.5 Å². The van der Waals surface area contributed by atoms with E-state index in [0.29, 0.717) is 62.8 Å². The summed E-state index contributed by atoms with van der Waals surface area (Å²) < 4.78 is 6.06. The van der Waals surface area contributed by atoms with Crippen LogP contribution < -0.4 is 10.5 Å². The van der Waals surface area contributed by atoms with E-state index in [1.807, 2.05) is 48.5 Å². The summed E-state index contributed by atoms with van der Waals surface area (Å²) in [6.07, 6.45) is 0.798. The predicted octanol–water partition coefficient (Wildman–Crippen LogP) is 7.07. The first-order valence-electron chi connectivity index (χ1n) is 13.0. The van der Waals surface area contributed by atoms with Crippen molar-refractivity contribution in [3.8, 4) is 27.3 Å². The topological polar surface area (TPSA) is 92.9 Å². The van der Waals surface area contributed by atoms with Gasteiger partial charge >= 0.3 is 0 Å². The highest BCUT2D eigenvalue weighted by Crippen LogP contribution is 2.50. The number of nitrogens with two attached hydrogens (primary N) is 1. The molecule has 2 heterocycles. The van der Waals surface area contributed by atoms with E-state index in [2.05, 4.69) is 0 Å². The van der Waals surface area contributed by atoms with Crippen molar-refractivity contribution in [1.29, 1.82) is 0 Å². The molecule has 5 rings (SSSR count). The SMILES string of the molecule is NC(=O)C1(c2ccccc2)CCN(C(=O)c2sc(-c3ccc(Cl)cc3Cl)c(-c3ccc(Cl)cc3)c2OCCO)CC1. The van der Waals surface area contributed by atoms with Crippen LogP contribution in [-0.2, 0) is 10.2 Å². The van der Waals surface area contributed by atoms with E-state index >= 15 is 0 Å². The molecule has 4 aromatic rings. The van der Waals surface area contributed by atoms with Crippen molar-refractivity contribution in [2.24, 2.45) is 5.73 Å². The van der Waals surface area contributed by atoms with E-state index < -0.39 is 11.3 Å². The fraction of sp³-hybridized carbons (Fsp3) is 0.226. The average molecular weight is 630 g/mol. The standard InChI is InChI=1S/C31H27Cl3N2O4S/c32-21-8-6-19(7-9-21)25-26(40-17-16-37)28(41-27(25)23-11-10-22(33)18-24(23)34)29(38)36-14-12-31(13-15-36,30(35)39)20-4-2-1-3-5-20/h1-11,18,37H,12-17H2,(H2,35,39). The first kappa shape index (κ1) is 29.4. The molecular formula is C31H27Cl3N2O4S. The number of carbonyl (C=O) groups excluding carboxylic acids is 2. The molecule has 0 atom stereocenters. The third-order valence-electron chi connectivity index (χ3n) is 7.41. The van der Waals surface area contributed by atoms with Gasteiger partial charge in [-0.1, -0.05) is 83.3 Å². The number of ether oxygens (including phenoxy) is 1. The van der Waals surface area contributed by atoms with E-state index in [1.165, 1.54) is 11.3 Å². The van der Waals surface area contributed by atoms with Crippen molar-refractivity contribution in [3.63, 3.8) is 0 Å². The number of thiophene rings is 1. The maximum Gasteiger partial charge on any atom is 0.267 e. The van der Waals surface area contributed by atoms with Gasteiger partial charge in [0.05, 0.1) is 17.0 Å². The van der Waals surface area contributed by atoms with Crippen LogP contribution >= 0.6 is 46.1 Å². The number of nitrogens with zero attached hydrogens (tertiary/aromatic N) is 1. The highest BCUT2D eigenvalue weighted by molar-refractivity contribution is 7.18. The molecule has 2 amide bonds. The lowest BCUT2D eigenvalue weighted by Gasteiger charge is -2.40. The molecule has 3 aromatic carbocycles. The molecule has 0 spiro atoms. The average Bonchev–Trinajstić information content (AvgIpc) is 3.35. The molecular weight excluding hydrogens is 603 g/mol. The Morgan fingerprint density at radius 2 is 1.61 bits per heavy atom.